The number of carbonyl (C=O) groups excluding carboxylic acids is 1. The predicted octanol–water partition coefficient (Wildman–Crippen LogP) is 4.69. The Kier molecular flexibility index (Phi) is 7.41. The first-order chi connectivity index (χ1) is 15.7. The molecule has 0 aliphatic carbocycles. The number of nitrogens with zero attached hydrogens (tertiary/aromatic N) is 1. The zero-order chi connectivity index (χ0) is 22.2. The summed E-state index contributed by atoms with van der Waals surface area (Å²) in [7, 11) is 1.68. The molecular weight excluding hydrogens is 400 g/mol. The SMILES string of the molecule is COc1cccc(C(CNC(=O)COc2ccccc2-c2ccccc2)N2CCCC2)c1. The van der Waals surface area contributed by atoms with E-state index in [1.165, 1.54) is 12.8 Å². The first-order valence-electron chi connectivity index (χ1n) is 11.2. The minimum Gasteiger partial charge on any atom is -0.497 e. The van der Waals surface area contributed by atoms with Crippen molar-refractivity contribution in [2.75, 3.05) is 33.4 Å². The molecule has 0 saturated carbocycles. The largest absolute Gasteiger partial charge is 0.497 e. The van der Waals surface area contributed by atoms with Crippen LogP contribution in [-0.2, 0) is 4.79 Å². The standard InChI is InChI=1S/C27H30N2O3/c1-31-23-13-9-12-22(18-23)25(29-16-7-8-17-29)19-28-27(30)20-32-26-15-6-5-14-24(26)21-10-3-2-4-11-21/h2-6,9-15,18,25H,7-8,16-17,19-20H2,1H3,(H,28,30). The molecule has 0 aromatic heterocycles. The Morgan fingerprint density at radius 2 is 1.72 bits per heavy atom. The van der Waals surface area contributed by atoms with Gasteiger partial charge in [-0.25, -0.2) is 0 Å². The molecule has 3 aromatic rings. The molecule has 1 amide bonds. The molecule has 1 aliphatic heterocycles. The smallest absolute Gasteiger partial charge is 0.258 e. The number of carbonyl (C=O) groups is 1. The van der Waals surface area contributed by atoms with Crippen molar-refractivity contribution in [1.82, 2.24) is 10.2 Å². The second kappa shape index (κ2) is 10.8. The van der Waals surface area contributed by atoms with Crippen molar-refractivity contribution in [3.05, 3.63) is 84.4 Å². The van der Waals surface area contributed by atoms with Crippen molar-refractivity contribution in [3.63, 3.8) is 0 Å². The summed E-state index contributed by atoms with van der Waals surface area (Å²) in [6.45, 7) is 2.60. The lowest BCUT2D eigenvalue weighted by molar-refractivity contribution is -0.123. The van der Waals surface area contributed by atoms with Gasteiger partial charge in [0.2, 0.25) is 0 Å². The molecule has 3 aromatic carbocycles. The first kappa shape index (κ1) is 21.9. The molecule has 5 heteroatoms. The fraction of sp³-hybridized carbons (Fsp3) is 0.296. The van der Waals surface area contributed by atoms with Crippen molar-refractivity contribution in [3.8, 4) is 22.6 Å². The highest BCUT2D eigenvalue weighted by Gasteiger charge is 2.24. The van der Waals surface area contributed by atoms with E-state index in [0.29, 0.717) is 12.3 Å². The highest BCUT2D eigenvalue weighted by atomic mass is 16.5. The summed E-state index contributed by atoms with van der Waals surface area (Å²) in [5, 5.41) is 3.08. The van der Waals surface area contributed by atoms with Gasteiger partial charge < -0.3 is 14.8 Å². The number of rotatable bonds is 9. The average molecular weight is 431 g/mol. The summed E-state index contributed by atoms with van der Waals surface area (Å²) in [6.07, 6.45) is 2.38. The van der Waals surface area contributed by atoms with Crippen LogP contribution in [0.5, 0.6) is 11.5 Å². The molecule has 1 atom stereocenters. The molecule has 32 heavy (non-hydrogen) atoms. The molecule has 5 nitrogen and oxygen atoms in total. The van der Waals surface area contributed by atoms with E-state index in [1.807, 2.05) is 66.7 Å². The Balaban J connectivity index is 1.39. The van der Waals surface area contributed by atoms with E-state index in [0.717, 1.165) is 35.5 Å². The number of amides is 1. The second-order valence-electron chi connectivity index (χ2n) is 7.99. The number of para-hydroxylation sites is 1. The highest BCUT2D eigenvalue weighted by molar-refractivity contribution is 5.78. The van der Waals surface area contributed by atoms with Gasteiger partial charge in [-0.15, -0.1) is 0 Å². The van der Waals surface area contributed by atoms with Crippen molar-refractivity contribution in [1.29, 1.82) is 0 Å². The van der Waals surface area contributed by atoms with E-state index in [-0.39, 0.29) is 18.6 Å². The van der Waals surface area contributed by atoms with Crippen molar-refractivity contribution >= 4 is 5.91 Å². The summed E-state index contributed by atoms with van der Waals surface area (Å²) in [5.41, 5.74) is 3.20. The Morgan fingerprint density at radius 1 is 0.969 bits per heavy atom. The lowest BCUT2D eigenvalue weighted by Gasteiger charge is -2.28. The van der Waals surface area contributed by atoms with Crippen LogP contribution in [0.15, 0.2) is 78.9 Å². The van der Waals surface area contributed by atoms with E-state index in [9.17, 15) is 4.79 Å². The van der Waals surface area contributed by atoms with Crippen LogP contribution in [0.2, 0.25) is 0 Å². The van der Waals surface area contributed by atoms with E-state index in [2.05, 4.69) is 22.3 Å². The average Bonchev–Trinajstić information content (AvgIpc) is 3.38. The van der Waals surface area contributed by atoms with Gasteiger partial charge in [-0.2, -0.15) is 0 Å². The predicted molar refractivity (Wildman–Crippen MR) is 127 cm³/mol. The molecule has 1 saturated heterocycles. The van der Waals surface area contributed by atoms with Crippen molar-refractivity contribution in [2.24, 2.45) is 0 Å². The number of hydrogen-bond acceptors (Lipinski definition) is 4. The maximum atomic E-state index is 12.7. The van der Waals surface area contributed by atoms with Gasteiger partial charge in [0, 0.05) is 12.1 Å². The normalized spacial score (nSPS) is 14.7. The summed E-state index contributed by atoms with van der Waals surface area (Å²) >= 11 is 0. The van der Waals surface area contributed by atoms with E-state index in [4.69, 9.17) is 9.47 Å². The molecule has 1 N–H and O–H groups in total. The van der Waals surface area contributed by atoms with Gasteiger partial charge in [-0.1, -0.05) is 60.7 Å². The summed E-state index contributed by atoms with van der Waals surface area (Å²) in [6, 6.07) is 26.1. The molecule has 1 heterocycles. The Labute approximate surface area is 190 Å². The van der Waals surface area contributed by atoms with Crippen molar-refractivity contribution < 1.29 is 14.3 Å². The maximum absolute atomic E-state index is 12.7. The quantitative estimate of drug-likeness (QED) is 0.535. The van der Waals surface area contributed by atoms with Crippen LogP contribution >= 0.6 is 0 Å². The Hall–Kier alpha value is -3.31. The highest BCUT2D eigenvalue weighted by Crippen LogP contribution is 2.30. The maximum Gasteiger partial charge on any atom is 0.258 e. The molecule has 1 unspecified atom stereocenters. The molecule has 1 aliphatic rings. The van der Waals surface area contributed by atoms with Gasteiger partial charge >= 0.3 is 0 Å². The van der Waals surface area contributed by atoms with Crippen LogP contribution < -0.4 is 14.8 Å². The molecule has 0 bridgehead atoms. The molecule has 4 rings (SSSR count). The molecular formula is C27H30N2O3. The minimum atomic E-state index is -0.125. The van der Waals surface area contributed by atoms with E-state index in [1.54, 1.807) is 7.11 Å². The van der Waals surface area contributed by atoms with Gasteiger partial charge in [0.1, 0.15) is 11.5 Å². The van der Waals surface area contributed by atoms with Crippen LogP contribution in [0, 0.1) is 0 Å². The van der Waals surface area contributed by atoms with Gasteiger partial charge in [0.05, 0.1) is 13.2 Å². The van der Waals surface area contributed by atoms with E-state index < -0.39 is 0 Å². The van der Waals surface area contributed by atoms with Gasteiger partial charge in [-0.05, 0) is 55.3 Å². The zero-order valence-electron chi connectivity index (χ0n) is 18.5. The monoisotopic (exact) mass is 430 g/mol. The number of hydrogen-bond donors (Lipinski definition) is 1. The lowest BCUT2D eigenvalue weighted by atomic mass is 10.0. The Bertz CT molecular complexity index is 1020. The van der Waals surface area contributed by atoms with Crippen LogP contribution in [0.3, 0.4) is 0 Å². The van der Waals surface area contributed by atoms with Crippen LogP contribution in [0.1, 0.15) is 24.4 Å². The van der Waals surface area contributed by atoms with Crippen LogP contribution in [-0.4, -0.2) is 44.2 Å². The second-order valence-corrected chi connectivity index (χ2v) is 7.99. The van der Waals surface area contributed by atoms with Gasteiger partial charge in [0.25, 0.3) is 5.91 Å². The third kappa shape index (κ3) is 5.48. The minimum absolute atomic E-state index is 0.0192. The third-order valence-corrected chi connectivity index (χ3v) is 5.88. The fourth-order valence-corrected chi connectivity index (χ4v) is 4.21. The summed E-state index contributed by atoms with van der Waals surface area (Å²) < 4.78 is 11.3. The van der Waals surface area contributed by atoms with E-state index >= 15 is 0 Å². The number of methoxy groups -OCH3 is 1. The summed E-state index contributed by atoms with van der Waals surface area (Å²) in [5.74, 6) is 1.41. The van der Waals surface area contributed by atoms with Gasteiger partial charge in [0.15, 0.2) is 6.61 Å². The third-order valence-electron chi connectivity index (χ3n) is 5.88. The topological polar surface area (TPSA) is 50.8 Å². The van der Waals surface area contributed by atoms with Crippen LogP contribution in [0.4, 0.5) is 0 Å². The van der Waals surface area contributed by atoms with Gasteiger partial charge in [-0.3, -0.25) is 9.69 Å². The first-order valence-corrected chi connectivity index (χ1v) is 11.2. The number of ether oxygens (including phenoxy) is 2. The molecule has 0 radical (unpaired) electrons. The molecule has 0 spiro atoms. The zero-order valence-corrected chi connectivity index (χ0v) is 18.5. The number of likely N-dealkylation sites (tertiary alicyclic amines) is 1. The fourth-order valence-electron chi connectivity index (χ4n) is 4.21. The summed E-state index contributed by atoms with van der Waals surface area (Å²) in [4.78, 5) is 15.1. The number of benzene rings is 3. The molecule has 1 fully saturated rings. The Morgan fingerprint density at radius 3 is 2.50 bits per heavy atom. The van der Waals surface area contributed by atoms with Crippen LogP contribution in [0.25, 0.3) is 11.1 Å². The lowest BCUT2D eigenvalue weighted by Crippen LogP contribution is -2.38. The van der Waals surface area contributed by atoms with Crippen molar-refractivity contribution in [2.45, 2.75) is 18.9 Å². The molecule has 166 valence electrons. The number of nitrogens with one attached hydrogen (secondary N) is 1.